The maximum atomic E-state index is 13.4. The Morgan fingerprint density at radius 2 is 1.59 bits per heavy atom. The summed E-state index contributed by atoms with van der Waals surface area (Å²) in [6.07, 6.45) is 0. The van der Waals surface area contributed by atoms with Gasteiger partial charge in [-0.15, -0.1) is 0 Å². The molecular formula is C26H21FN2O5. The molecular weight excluding hydrogens is 439 g/mol. The molecule has 0 unspecified atom stereocenters. The van der Waals surface area contributed by atoms with Gasteiger partial charge in [-0.1, -0.05) is 30.3 Å². The Morgan fingerprint density at radius 1 is 0.912 bits per heavy atom. The lowest BCUT2D eigenvalue weighted by atomic mass is 10.1. The van der Waals surface area contributed by atoms with Crippen LogP contribution in [0.15, 0.2) is 72.8 Å². The van der Waals surface area contributed by atoms with Crippen molar-refractivity contribution in [1.29, 1.82) is 0 Å². The molecule has 34 heavy (non-hydrogen) atoms. The van der Waals surface area contributed by atoms with Gasteiger partial charge in [0.1, 0.15) is 5.82 Å². The molecule has 1 heterocycles. The van der Waals surface area contributed by atoms with E-state index in [1.54, 1.807) is 49.4 Å². The quantitative estimate of drug-likeness (QED) is 0.395. The van der Waals surface area contributed by atoms with Crippen LogP contribution < -0.4 is 4.90 Å². The number of rotatable bonds is 7. The molecule has 0 fully saturated rings. The highest BCUT2D eigenvalue weighted by atomic mass is 19.1. The monoisotopic (exact) mass is 460 g/mol. The summed E-state index contributed by atoms with van der Waals surface area (Å²) >= 11 is 0. The first-order valence-electron chi connectivity index (χ1n) is 10.7. The Bertz CT molecular complexity index is 1250. The Morgan fingerprint density at radius 3 is 2.24 bits per heavy atom. The summed E-state index contributed by atoms with van der Waals surface area (Å²) in [5, 5.41) is 0. The van der Waals surface area contributed by atoms with E-state index in [2.05, 4.69) is 0 Å². The minimum atomic E-state index is -0.770. The number of nitrogens with zero attached hydrogens (tertiary/aromatic N) is 2. The van der Waals surface area contributed by atoms with Crippen molar-refractivity contribution >= 4 is 29.4 Å². The van der Waals surface area contributed by atoms with Crippen molar-refractivity contribution in [3.8, 4) is 0 Å². The fraction of sp³-hybridized carbons (Fsp3) is 0.154. The van der Waals surface area contributed by atoms with E-state index in [4.69, 9.17) is 4.74 Å². The predicted molar refractivity (Wildman–Crippen MR) is 122 cm³/mol. The van der Waals surface area contributed by atoms with Crippen molar-refractivity contribution in [2.45, 2.75) is 13.5 Å². The number of carbonyl (C=O) groups excluding carboxylic acids is 4. The third-order valence-corrected chi connectivity index (χ3v) is 5.46. The summed E-state index contributed by atoms with van der Waals surface area (Å²) in [6, 6.07) is 18.3. The average molecular weight is 460 g/mol. The molecule has 0 spiro atoms. The zero-order valence-electron chi connectivity index (χ0n) is 18.4. The van der Waals surface area contributed by atoms with Crippen LogP contribution in [-0.4, -0.2) is 41.7 Å². The fourth-order valence-corrected chi connectivity index (χ4v) is 3.73. The van der Waals surface area contributed by atoms with Crippen molar-refractivity contribution in [1.82, 2.24) is 4.90 Å². The van der Waals surface area contributed by atoms with Gasteiger partial charge in [-0.05, 0) is 55.0 Å². The lowest BCUT2D eigenvalue weighted by Gasteiger charge is -2.21. The molecule has 0 aromatic heterocycles. The van der Waals surface area contributed by atoms with Gasteiger partial charge in [0, 0.05) is 13.1 Å². The van der Waals surface area contributed by atoms with Gasteiger partial charge >= 0.3 is 5.97 Å². The van der Waals surface area contributed by atoms with E-state index in [9.17, 15) is 23.6 Å². The Kier molecular flexibility index (Phi) is 6.49. The minimum absolute atomic E-state index is 0.0926. The van der Waals surface area contributed by atoms with E-state index in [0.717, 1.165) is 4.90 Å². The second-order valence-electron chi connectivity index (χ2n) is 7.66. The van der Waals surface area contributed by atoms with Gasteiger partial charge in [0.25, 0.3) is 17.7 Å². The smallest absolute Gasteiger partial charge is 0.338 e. The van der Waals surface area contributed by atoms with Gasteiger partial charge in [-0.2, -0.15) is 0 Å². The van der Waals surface area contributed by atoms with E-state index in [-0.39, 0.29) is 17.8 Å². The van der Waals surface area contributed by atoms with Gasteiger partial charge in [0.15, 0.2) is 6.61 Å². The first-order chi connectivity index (χ1) is 16.4. The number of anilines is 1. The van der Waals surface area contributed by atoms with Gasteiger partial charge in [0.2, 0.25) is 0 Å². The van der Waals surface area contributed by atoms with Crippen LogP contribution in [0.2, 0.25) is 0 Å². The number of hydrogen-bond acceptors (Lipinski definition) is 5. The van der Waals surface area contributed by atoms with Crippen LogP contribution in [0.1, 0.15) is 43.6 Å². The first-order valence-corrected chi connectivity index (χ1v) is 10.7. The molecule has 1 aliphatic rings. The van der Waals surface area contributed by atoms with E-state index < -0.39 is 36.1 Å². The molecule has 3 aromatic carbocycles. The molecule has 0 aliphatic carbocycles. The zero-order chi connectivity index (χ0) is 24.2. The van der Waals surface area contributed by atoms with Crippen molar-refractivity contribution < 1.29 is 28.3 Å². The van der Waals surface area contributed by atoms with Crippen molar-refractivity contribution in [3.63, 3.8) is 0 Å². The summed E-state index contributed by atoms with van der Waals surface area (Å²) < 4.78 is 18.6. The number of imide groups is 1. The highest BCUT2D eigenvalue weighted by Gasteiger charge is 2.36. The summed E-state index contributed by atoms with van der Waals surface area (Å²) in [4.78, 5) is 53.0. The molecule has 7 nitrogen and oxygen atoms in total. The molecule has 3 aromatic rings. The molecule has 8 heteroatoms. The van der Waals surface area contributed by atoms with Gasteiger partial charge in [0.05, 0.1) is 22.4 Å². The topological polar surface area (TPSA) is 84.0 Å². The van der Waals surface area contributed by atoms with Crippen molar-refractivity contribution in [2.75, 3.05) is 18.1 Å². The molecule has 1 aliphatic heterocycles. The second kappa shape index (κ2) is 9.66. The highest BCUT2D eigenvalue weighted by molar-refractivity contribution is 6.34. The minimum Gasteiger partial charge on any atom is -0.452 e. The number of benzene rings is 3. The number of hydrogen-bond donors (Lipinski definition) is 0. The van der Waals surface area contributed by atoms with Crippen LogP contribution in [-0.2, 0) is 16.1 Å². The van der Waals surface area contributed by atoms with Gasteiger partial charge in [-0.3, -0.25) is 14.4 Å². The summed E-state index contributed by atoms with van der Waals surface area (Å²) in [5.41, 5.74) is 1.53. The van der Waals surface area contributed by atoms with E-state index in [1.807, 2.05) is 0 Å². The second-order valence-corrected chi connectivity index (χ2v) is 7.66. The molecule has 0 atom stereocenters. The van der Waals surface area contributed by atoms with E-state index in [0.29, 0.717) is 23.2 Å². The van der Waals surface area contributed by atoms with Crippen LogP contribution >= 0.6 is 0 Å². The lowest BCUT2D eigenvalue weighted by molar-refractivity contribution is -0.134. The van der Waals surface area contributed by atoms with Crippen LogP contribution in [0.25, 0.3) is 0 Å². The zero-order valence-corrected chi connectivity index (χ0v) is 18.4. The number of esters is 1. The molecule has 0 N–H and O–H groups in total. The molecule has 0 radical (unpaired) electrons. The third kappa shape index (κ3) is 4.56. The largest absolute Gasteiger partial charge is 0.452 e. The van der Waals surface area contributed by atoms with Gasteiger partial charge < -0.3 is 9.64 Å². The Labute approximate surface area is 195 Å². The molecule has 3 amide bonds. The molecule has 0 saturated heterocycles. The van der Waals surface area contributed by atoms with Crippen LogP contribution in [0.5, 0.6) is 0 Å². The SMILES string of the molecule is CCN(Cc1cccc(F)c1)C(=O)COC(=O)c1cccc(N2C(=O)c3ccccc3C2=O)c1. The molecule has 172 valence electrons. The van der Waals surface area contributed by atoms with Crippen LogP contribution in [0.3, 0.4) is 0 Å². The lowest BCUT2D eigenvalue weighted by Crippen LogP contribution is -2.34. The van der Waals surface area contributed by atoms with Crippen molar-refractivity contribution in [3.05, 3.63) is 101 Å². The van der Waals surface area contributed by atoms with E-state index >= 15 is 0 Å². The number of carbonyl (C=O) groups is 4. The standard InChI is InChI=1S/C26H21FN2O5/c1-2-28(15-17-7-5-9-19(27)13-17)23(30)16-34-26(33)18-8-6-10-20(14-18)29-24(31)21-11-3-4-12-22(21)25(29)32/h3-14H,2,15-16H2,1H3. The first kappa shape index (κ1) is 22.8. The van der Waals surface area contributed by atoms with E-state index in [1.165, 1.54) is 35.2 Å². The summed E-state index contributed by atoms with van der Waals surface area (Å²) in [5.74, 6) is -2.55. The van der Waals surface area contributed by atoms with Crippen LogP contribution in [0.4, 0.5) is 10.1 Å². The van der Waals surface area contributed by atoms with Crippen molar-refractivity contribution in [2.24, 2.45) is 0 Å². The third-order valence-electron chi connectivity index (χ3n) is 5.46. The highest BCUT2D eigenvalue weighted by Crippen LogP contribution is 2.28. The Balaban J connectivity index is 1.42. The number of halogens is 1. The number of ether oxygens (including phenoxy) is 1. The molecule has 0 saturated carbocycles. The number of likely N-dealkylation sites (N-methyl/N-ethyl adjacent to an activating group) is 1. The molecule has 4 rings (SSSR count). The maximum Gasteiger partial charge on any atom is 0.338 e. The summed E-state index contributed by atoms with van der Waals surface area (Å²) in [6.45, 7) is 1.80. The normalized spacial score (nSPS) is 12.5. The predicted octanol–water partition coefficient (Wildman–Crippen LogP) is 3.83. The number of fused-ring (bicyclic) bond motifs is 1. The van der Waals surface area contributed by atoms with Crippen LogP contribution in [0, 0.1) is 5.82 Å². The van der Waals surface area contributed by atoms with Gasteiger partial charge in [-0.25, -0.2) is 14.1 Å². The average Bonchev–Trinajstić information content (AvgIpc) is 3.11. The molecule has 0 bridgehead atoms. The fourth-order valence-electron chi connectivity index (χ4n) is 3.73. The Hall–Kier alpha value is -4.33. The maximum absolute atomic E-state index is 13.4. The summed E-state index contributed by atoms with van der Waals surface area (Å²) in [7, 11) is 0. The number of amides is 3.